The molecule has 3 aromatic rings. The molecule has 0 saturated carbocycles. The third kappa shape index (κ3) is 3.95. The second-order valence-corrected chi connectivity index (χ2v) is 5.36. The molecule has 3 rings (SSSR count). The SMILES string of the molecule is COc1cccc(/C=N/n2cnnc2)c1OCc1c(F)cccc1Cl. The first kappa shape index (κ1) is 16.9. The average Bonchev–Trinajstić information content (AvgIpc) is 3.13. The summed E-state index contributed by atoms with van der Waals surface area (Å²) in [6, 6.07) is 9.83. The second kappa shape index (κ2) is 7.76. The number of benzene rings is 2. The number of halogens is 2. The molecule has 0 fully saturated rings. The molecule has 0 aliphatic rings. The van der Waals surface area contributed by atoms with Gasteiger partial charge in [-0.15, -0.1) is 10.2 Å². The van der Waals surface area contributed by atoms with Gasteiger partial charge in [-0.1, -0.05) is 23.7 Å². The zero-order valence-electron chi connectivity index (χ0n) is 13.3. The summed E-state index contributed by atoms with van der Waals surface area (Å²) in [4.78, 5) is 0. The van der Waals surface area contributed by atoms with Crippen LogP contribution in [0.15, 0.2) is 54.2 Å². The molecule has 128 valence electrons. The van der Waals surface area contributed by atoms with Gasteiger partial charge in [0, 0.05) is 11.1 Å². The summed E-state index contributed by atoms with van der Waals surface area (Å²) >= 11 is 6.04. The van der Waals surface area contributed by atoms with E-state index in [4.69, 9.17) is 21.1 Å². The fourth-order valence-electron chi connectivity index (χ4n) is 2.15. The Morgan fingerprint density at radius 3 is 2.68 bits per heavy atom. The van der Waals surface area contributed by atoms with Crippen LogP contribution in [0.4, 0.5) is 4.39 Å². The van der Waals surface area contributed by atoms with Gasteiger partial charge in [0.25, 0.3) is 0 Å². The molecule has 0 spiro atoms. The molecule has 0 unspecified atom stereocenters. The van der Waals surface area contributed by atoms with Gasteiger partial charge in [-0.25, -0.2) is 9.07 Å². The lowest BCUT2D eigenvalue weighted by Gasteiger charge is -2.14. The van der Waals surface area contributed by atoms with Crippen molar-refractivity contribution in [3.63, 3.8) is 0 Å². The minimum absolute atomic E-state index is 0.0423. The Kier molecular flexibility index (Phi) is 5.25. The Morgan fingerprint density at radius 2 is 1.96 bits per heavy atom. The smallest absolute Gasteiger partial charge is 0.170 e. The maximum absolute atomic E-state index is 13.9. The van der Waals surface area contributed by atoms with Crippen LogP contribution in [0.25, 0.3) is 0 Å². The van der Waals surface area contributed by atoms with E-state index in [0.717, 1.165) is 0 Å². The van der Waals surface area contributed by atoms with Gasteiger partial charge in [0.2, 0.25) is 0 Å². The summed E-state index contributed by atoms with van der Waals surface area (Å²) in [5.74, 6) is 0.503. The van der Waals surface area contributed by atoms with Crippen molar-refractivity contribution in [3.05, 3.63) is 71.0 Å². The third-order valence-electron chi connectivity index (χ3n) is 3.39. The number of hydrogen-bond donors (Lipinski definition) is 0. The van der Waals surface area contributed by atoms with Gasteiger partial charge >= 0.3 is 0 Å². The fourth-order valence-corrected chi connectivity index (χ4v) is 2.37. The van der Waals surface area contributed by atoms with Gasteiger partial charge in [0.15, 0.2) is 11.5 Å². The van der Waals surface area contributed by atoms with Crippen molar-refractivity contribution in [2.75, 3.05) is 7.11 Å². The molecule has 0 atom stereocenters. The lowest BCUT2D eigenvalue weighted by atomic mass is 10.2. The molecule has 0 N–H and O–H groups in total. The summed E-state index contributed by atoms with van der Waals surface area (Å²) in [5, 5.41) is 11.8. The molecule has 0 amide bonds. The van der Waals surface area contributed by atoms with Crippen molar-refractivity contribution in [2.24, 2.45) is 5.10 Å². The maximum atomic E-state index is 13.9. The highest BCUT2D eigenvalue weighted by Gasteiger charge is 2.13. The van der Waals surface area contributed by atoms with Gasteiger partial charge in [0.1, 0.15) is 25.1 Å². The van der Waals surface area contributed by atoms with Crippen molar-refractivity contribution in [2.45, 2.75) is 6.61 Å². The van der Waals surface area contributed by atoms with Crippen LogP contribution in [0, 0.1) is 5.82 Å². The van der Waals surface area contributed by atoms with Crippen molar-refractivity contribution in [1.29, 1.82) is 0 Å². The van der Waals surface area contributed by atoms with Crippen molar-refractivity contribution < 1.29 is 13.9 Å². The summed E-state index contributed by atoms with van der Waals surface area (Å²) < 4.78 is 26.5. The van der Waals surface area contributed by atoms with Crippen LogP contribution < -0.4 is 9.47 Å². The van der Waals surface area contributed by atoms with E-state index in [2.05, 4.69) is 15.3 Å². The minimum atomic E-state index is -0.429. The molecular formula is C17H14ClFN4O2. The molecule has 0 radical (unpaired) electrons. The summed E-state index contributed by atoms with van der Waals surface area (Å²) in [5.41, 5.74) is 0.928. The number of rotatable bonds is 6. The highest BCUT2D eigenvalue weighted by Crippen LogP contribution is 2.32. The van der Waals surface area contributed by atoms with Gasteiger partial charge in [-0.05, 0) is 24.3 Å². The molecular weight excluding hydrogens is 347 g/mol. The third-order valence-corrected chi connectivity index (χ3v) is 3.74. The zero-order chi connectivity index (χ0) is 17.6. The molecule has 0 saturated heterocycles. The molecule has 0 aliphatic heterocycles. The second-order valence-electron chi connectivity index (χ2n) is 4.95. The molecule has 0 aliphatic carbocycles. The normalized spacial score (nSPS) is 11.0. The van der Waals surface area contributed by atoms with E-state index in [9.17, 15) is 4.39 Å². The van der Waals surface area contributed by atoms with Gasteiger partial charge in [0.05, 0.1) is 18.3 Å². The molecule has 2 aromatic carbocycles. The van der Waals surface area contributed by atoms with Crippen LogP contribution in [-0.2, 0) is 6.61 Å². The van der Waals surface area contributed by atoms with Crippen LogP contribution in [0.5, 0.6) is 11.5 Å². The standard InChI is InChI=1S/C17H14ClFN4O2/c1-24-16-7-2-4-12(8-22-23-10-20-21-11-23)17(16)25-9-13-14(18)5-3-6-15(13)19/h2-8,10-11H,9H2,1H3/b22-8+. The Balaban J connectivity index is 1.89. The lowest BCUT2D eigenvalue weighted by Crippen LogP contribution is -2.03. The Bertz CT molecular complexity index is 864. The van der Waals surface area contributed by atoms with E-state index in [0.29, 0.717) is 22.1 Å². The van der Waals surface area contributed by atoms with E-state index in [1.54, 1.807) is 36.5 Å². The van der Waals surface area contributed by atoms with Crippen LogP contribution >= 0.6 is 11.6 Å². The fraction of sp³-hybridized carbons (Fsp3) is 0.118. The van der Waals surface area contributed by atoms with Gasteiger partial charge in [-0.2, -0.15) is 5.10 Å². The molecule has 0 bridgehead atoms. The number of ether oxygens (including phenoxy) is 2. The van der Waals surface area contributed by atoms with Crippen LogP contribution in [0.2, 0.25) is 5.02 Å². The van der Waals surface area contributed by atoms with Gasteiger partial charge < -0.3 is 9.47 Å². The highest BCUT2D eigenvalue weighted by atomic mass is 35.5. The largest absolute Gasteiger partial charge is 0.493 e. The zero-order valence-corrected chi connectivity index (χ0v) is 14.0. The van der Waals surface area contributed by atoms with Crippen molar-refractivity contribution in [1.82, 2.24) is 14.9 Å². The average molecular weight is 361 g/mol. The lowest BCUT2D eigenvalue weighted by molar-refractivity contribution is 0.279. The summed E-state index contributed by atoms with van der Waals surface area (Å²) in [6.45, 7) is -0.0423. The quantitative estimate of drug-likeness (QED) is 0.631. The topological polar surface area (TPSA) is 61.5 Å². The Hall–Kier alpha value is -2.93. The number of nitrogens with zero attached hydrogens (tertiary/aromatic N) is 4. The number of hydrogen-bond acceptors (Lipinski definition) is 5. The summed E-state index contributed by atoms with van der Waals surface area (Å²) in [7, 11) is 1.53. The highest BCUT2D eigenvalue weighted by molar-refractivity contribution is 6.31. The number of para-hydroxylation sites is 1. The summed E-state index contributed by atoms with van der Waals surface area (Å²) in [6.07, 6.45) is 4.48. The first-order valence-corrected chi connectivity index (χ1v) is 7.68. The molecule has 1 aromatic heterocycles. The van der Waals surface area contributed by atoms with Crippen LogP contribution in [0.3, 0.4) is 0 Å². The number of aromatic nitrogens is 3. The first-order valence-electron chi connectivity index (χ1n) is 7.30. The molecule has 6 nitrogen and oxygen atoms in total. The van der Waals surface area contributed by atoms with Crippen molar-refractivity contribution in [3.8, 4) is 11.5 Å². The Labute approximate surface area is 148 Å². The minimum Gasteiger partial charge on any atom is -0.493 e. The molecule has 1 heterocycles. The Morgan fingerprint density at radius 1 is 1.20 bits per heavy atom. The van der Waals surface area contributed by atoms with E-state index in [-0.39, 0.29) is 12.2 Å². The van der Waals surface area contributed by atoms with Crippen LogP contribution in [-0.4, -0.2) is 28.2 Å². The molecule has 8 heteroatoms. The van der Waals surface area contributed by atoms with E-state index in [1.807, 2.05) is 0 Å². The monoisotopic (exact) mass is 360 g/mol. The maximum Gasteiger partial charge on any atom is 0.170 e. The predicted molar refractivity (Wildman–Crippen MR) is 91.8 cm³/mol. The van der Waals surface area contributed by atoms with Crippen LogP contribution in [0.1, 0.15) is 11.1 Å². The van der Waals surface area contributed by atoms with E-state index in [1.165, 1.54) is 30.5 Å². The molecule has 25 heavy (non-hydrogen) atoms. The van der Waals surface area contributed by atoms with Crippen molar-refractivity contribution >= 4 is 17.8 Å². The first-order chi connectivity index (χ1) is 12.2. The van der Waals surface area contributed by atoms with Gasteiger partial charge in [-0.3, -0.25) is 0 Å². The van der Waals surface area contributed by atoms with E-state index >= 15 is 0 Å². The number of methoxy groups -OCH3 is 1. The van der Waals surface area contributed by atoms with E-state index < -0.39 is 5.82 Å². The predicted octanol–water partition coefficient (Wildman–Crippen LogP) is 3.54.